The molecule has 6 N–H and O–H groups in total. The van der Waals surface area contributed by atoms with E-state index in [1.54, 1.807) is 0 Å². The van der Waals surface area contributed by atoms with Crippen molar-refractivity contribution < 1.29 is 43.8 Å². The molecule has 2 rings (SSSR count). The average molecular weight is 574 g/mol. The topological polar surface area (TPSA) is 246 Å². The number of carbonyl (C=O) groups excluding carboxylic acids is 1. The minimum Gasteiger partial charge on any atom is -0.394 e. The summed E-state index contributed by atoms with van der Waals surface area (Å²) in [6, 6.07) is 0. The van der Waals surface area contributed by atoms with Crippen molar-refractivity contribution >= 4 is 11.7 Å². The van der Waals surface area contributed by atoms with E-state index in [9.17, 15) is 24.9 Å². The van der Waals surface area contributed by atoms with Gasteiger partial charge in [0.25, 0.3) is 0 Å². The second-order valence-corrected chi connectivity index (χ2v) is 8.68. The van der Waals surface area contributed by atoms with E-state index in [1.807, 2.05) is 0 Å². The molecular weight excluding hydrogens is 534 g/mol. The molecule has 1 fully saturated rings. The molecule has 226 valence electrons. The number of nitrogens with zero attached hydrogens (tertiary/aromatic N) is 5. The number of nitrogens with two attached hydrogens (primary N) is 1. The standard InChI is InChI=1S/C23H39N7O10/c24-21-16(14-30(23(35)28-21)22-20(34)19(33)17(15-31)40-22)2-1-4-26-18(32)3-6-36-8-10-38-12-13-39-11-9-37-7-5-27-29-25/h14,17,19-20,22,31,33-34H,1-13,15H2,(H,26,32)(H2,24,28,35)/t17-,19+,20?,22-/m1/s1. The highest BCUT2D eigenvalue weighted by Gasteiger charge is 2.43. The number of aliphatic hydroxyl groups is 3. The van der Waals surface area contributed by atoms with Gasteiger partial charge in [0, 0.05) is 36.2 Å². The van der Waals surface area contributed by atoms with Crippen LogP contribution in [0.4, 0.5) is 5.82 Å². The summed E-state index contributed by atoms with van der Waals surface area (Å²) in [4.78, 5) is 30.7. The van der Waals surface area contributed by atoms with Crippen molar-refractivity contribution in [1.29, 1.82) is 0 Å². The second kappa shape index (κ2) is 19.3. The van der Waals surface area contributed by atoms with Crippen molar-refractivity contribution in [1.82, 2.24) is 14.9 Å². The highest BCUT2D eigenvalue weighted by atomic mass is 16.6. The predicted molar refractivity (Wildman–Crippen MR) is 139 cm³/mol. The molecule has 1 aromatic rings. The van der Waals surface area contributed by atoms with Gasteiger partial charge in [-0.1, -0.05) is 5.11 Å². The number of nitrogen functional groups attached to an aromatic ring is 1. The molecular formula is C23H39N7O10. The second-order valence-electron chi connectivity index (χ2n) is 8.68. The summed E-state index contributed by atoms with van der Waals surface area (Å²) < 4.78 is 27.7. The third kappa shape index (κ3) is 11.7. The quantitative estimate of drug-likeness (QED) is 0.0476. The van der Waals surface area contributed by atoms with Crippen molar-refractivity contribution in [3.8, 4) is 0 Å². The molecule has 1 aromatic heterocycles. The SMILES string of the molecule is [N-]=[N+]=NCCOCCOCCOCCOCCC(=O)NCCCc1cn([C@@H]2O[C@H](CO)[C@H](O)C2O)c(=O)nc1N. The fourth-order valence-electron chi connectivity index (χ4n) is 3.68. The maximum absolute atomic E-state index is 12.3. The van der Waals surface area contributed by atoms with Gasteiger partial charge in [0.05, 0.1) is 59.5 Å². The van der Waals surface area contributed by atoms with E-state index in [2.05, 4.69) is 20.3 Å². The maximum atomic E-state index is 12.3. The van der Waals surface area contributed by atoms with Gasteiger partial charge < -0.3 is 50.1 Å². The summed E-state index contributed by atoms with van der Waals surface area (Å²) in [5.74, 6) is -0.159. The Labute approximate surface area is 230 Å². The highest BCUT2D eigenvalue weighted by Crippen LogP contribution is 2.28. The van der Waals surface area contributed by atoms with Crippen LogP contribution in [0.15, 0.2) is 16.1 Å². The number of azide groups is 1. The van der Waals surface area contributed by atoms with E-state index in [0.29, 0.717) is 77.7 Å². The molecule has 1 unspecified atom stereocenters. The molecule has 0 bridgehead atoms. The van der Waals surface area contributed by atoms with E-state index in [0.717, 1.165) is 4.57 Å². The highest BCUT2D eigenvalue weighted by molar-refractivity contribution is 5.75. The minimum atomic E-state index is -1.42. The molecule has 4 atom stereocenters. The van der Waals surface area contributed by atoms with Crippen LogP contribution in [-0.4, -0.2) is 122 Å². The fraction of sp³-hybridized carbons (Fsp3) is 0.783. The van der Waals surface area contributed by atoms with E-state index < -0.39 is 36.8 Å². The first kappa shape index (κ1) is 33.3. The zero-order valence-electron chi connectivity index (χ0n) is 22.3. The molecule has 0 aromatic carbocycles. The number of hydrogen-bond acceptors (Lipinski definition) is 13. The predicted octanol–water partition coefficient (Wildman–Crippen LogP) is -1.75. The lowest BCUT2D eigenvalue weighted by Gasteiger charge is -2.18. The first-order valence-corrected chi connectivity index (χ1v) is 13.0. The van der Waals surface area contributed by atoms with Crippen molar-refractivity contribution in [2.75, 3.05) is 78.3 Å². The van der Waals surface area contributed by atoms with Crippen LogP contribution in [0.2, 0.25) is 0 Å². The molecule has 0 aliphatic carbocycles. The van der Waals surface area contributed by atoms with Gasteiger partial charge in [-0.05, 0) is 18.4 Å². The van der Waals surface area contributed by atoms with Crippen LogP contribution in [0, 0.1) is 0 Å². The maximum Gasteiger partial charge on any atom is 0.351 e. The van der Waals surface area contributed by atoms with Crippen molar-refractivity contribution in [3.05, 3.63) is 32.7 Å². The largest absolute Gasteiger partial charge is 0.394 e. The van der Waals surface area contributed by atoms with Gasteiger partial charge in [0.15, 0.2) is 6.23 Å². The number of rotatable bonds is 21. The van der Waals surface area contributed by atoms with Crippen molar-refractivity contribution in [3.63, 3.8) is 0 Å². The molecule has 0 saturated carbocycles. The summed E-state index contributed by atoms with van der Waals surface area (Å²) in [5, 5.41) is 35.5. The molecule has 1 aliphatic heterocycles. The lowest BCUT2D eigenvalue weighted by Crippen LogP contribution is -2.36. The first-order chi connectivity index (χ1) is 19.4. The molecule has 0 spiro atoms. The molecule has 17 heteroatoms. The third-order valence-electron chi connectivity index (χ3n) is 5.79. The number of hydrogen-bond donors (Lipinski definition) is 5. The van der Waals surface area contributed by atoms with Crippen LogP contribution in [0.25, 0.3) is 10.4 Å². The normalized spacial score (nSPS) is 20.4. The number of carbonyl (C=O) groups is 1. The number of aromatic nitrogens is 2. The first-order valence-electron chi connectivity index (χ1n) is 13.0. The minimum absolute atomic E-state index is 0.0226. The van der Waals surface area contributed by atoms with Gasteiger partial charge in [-0.15, -0.1) is 0 Å². The van der Waals surface area contributed by atoms with Crippen LogP contribution < -0.4 is 16.7 Å². The van der Waals surface area contributed by atoms with Gasteiger partial charge in [-0.25, -0.2) is 4.79 Å². The zero-order valence-corrected chi connectivity index (χ0v) is 22.3. The van der Waals surface area contributed by atoms with E-state index in [1.165, 1.54) is 6.20 Å². The Morgan fingerprint density at radius 3 is 2.33 bits per heavy atom. The number of anilines is 1. The lowest BCUT2D eigenvalue weighted by molar-refractivity contribution is -0.122. The van der Waals surface area contributed by atoms with E-state index in [-0.39, 0.29) is 24.8 Å². The Bertz CT molecular complexity index is 991. The van der Waals surface area contributed by atoms with E-state index >= 15 is 0 Å². The lowest BCUT2D eigenvalue weighted by atomic mass is 10.1. The molecule has 1 saturated heterocycles. The molecule has 1 amide bonds. The molecule has 2 heterocycles. The molecule has 0 radical (unpaired) electrons. The van der Waals surface area contributed by atoms with Crippen molar-refractivity contribution in [2.24, 2.45) is 5.11 Å². The summed E-state index contributed by atoms with van der Waals surface area (Å²) in [5.41, 5.74) is 13.7. The summed E-state index contributed by atoms with van der Waals surface area (Å²) in [6.45, 7) is 3.07. The summed E-state index contributed by atoms with van der Waals surface area (Å²) in [7, 11) is 0. The Balaban J connectivity index is 1.52. The van der Waals surface area contributed by atoms with E-state index in [4.69, 9.17) is 34.9 Å². The van der Waals surface area contributed by atoms with Gasteiger partial charge in [0.2, 0.25) is 5.91 Å². The third-order valence-corrected chi connectivity index (χ3v) is 5.79. The molecule has 1 aliphatic rings. The Kier molecular flexibility index (Phi) is 16.1. The van der Waals surface area contributed by atoms with Crippen LogP contribution >= 0.6 is 0 Å². The van der Waals surface area contributed by atoms with Crippen molar-refractivity contribution in [2.45, 2.75) is 43.8 Å². The number of amides is 1. The van der Waals surface area contributed by atoms with Crippen LogP contribution in [-0.2, 0) is 34.9 Å². The van der Waals surface area contributed by atoms with Crippen LogP contribution in [0.3, 0.4) is 0 Å². The molecule has 17 nitrogen and oxygen atoms in total. The van der Waals surface area contributed by atoms with Gasteiger partial charge >= 0.3 is 5.69 Å². The number of ether oxygens (including phenoxy) is 5. The smallest absolute Gasteiger partial charge is 0.351 e. The average Bonchev–Trinajstić information content (AvgIpc) is 3.22. The zero-order chi connectivity index (χ0) is 29.2. The van der Waals surface area contributed by atoms with Gasteiger partial charge in [-0.2, -0.15) is 4.98 Å². The number of aryl methyl sites for hydroxylation is 1. The molecule has 40 heavy (non-hydrogen) atoms. The number of aliphatic hydroxyl groups excluding tert-OH is 3. The Hall–Kier alpha value is -2.86. The van der Waals surface area contributed by atoms with Crippen LogP contribution in [0.1, 0.15) is 24.6 Å². The fourth-order valence-corrected chi connectivity index (χ4v) is 3.68. The summed E-state index contributed by atoms with van der Waals surface area (Å²) >= 11 is 0. The van der Waals surface area contributed by atoms with Gasteiger partial charge in [-0.3, -0.25) is 9.36 Å². The summed E-state index contributed by atoms with van der Waals surface area (Å²) in [6.07, 6.45) is -2.54. The van der Waals surface area contributed by atoms with Crippen LogP contribution in [0.5, 0.6) is 0 Å². The Morgan fingerprint density at radius 1 is 1.10 bits per heavy atom. The Morgan fingerprint density at radius 2 is 1.73 bits per heavy atom. The monoisotopic (exact) mass is 573 g/mol. The number of nitrogens with one attached hydrogen (secondary N) is 1. The van der Waals surface area contributed by atoms with Gasteiger partial charge in [0.1, 0.15) is 24.1 Å².